The molecule has 0 bridgehead atoms. The van der Waals surface area contributed by atoms with Crippen molar-refractivity contribution in [1.82, 2.24) is 9.97 Å². The summed E-state index contributed by atoms with van der Waals surface area (Å²) >= 11 is 1.63. The van der Waals surface area contributed by atoms with Crippen LogP contribution < -0.4 is 4.74 Å². The second-order valence-electron chi connectivity index (χ2n) is 5.76. The Balaban J connectivity index is 1.75. The molecule has 3 nitrogen and oxygen atoms in total. The number of aromatic nitrogens is 2. The minimum Gasteiger partial charge on any atom is -0.439 e. The van der Waals surface area contributed by atoms with E-state index in [9.17, 15) is 0 Å². The molecule has 0 saturated heterocycles. The Morgan fingerprint density at radius 1 is 0.917 bits per heavy atom. The first-order valence-electron chi connectivity index (χ1n) is 7.88. The Morgan fingerprint density at radius 2 is 1.75 bits per heavy atom. The Hall–Kier alpha value is -2.33. The molecule has 2 aromatic carbocycles. The molecule has 0 amide bonds. The lowest BCUT2D eigenvalue weighted by Crippen LogP contribution is -1.96. The van der Waals surface area contributed by atoms with E-state index in [2.05, 4.69) is 41.2 Å². The summed E-state index contributed by atoms with van der Waals surface area (Å²) < 4.78 is 5.89. The number of benzene rings is 2. The van der Waals surface area contributed by atoms with Gasteiger partial charge in [0.1, 0.15) is 5.75 Å². The average Bonchev–Trinajstić information content (AvgIpc) is 2.53. The Labute approximate surface area is 147 Å². The van der Waals surface area contributed by atoms with Crippen molar-refractivity contribution in [1.29, 1.82) is 0 Å². The van der Waals surface area contributed by atoms with Gasteiger partial charge in [0.25, 0.3) is 0 Å². The monoisotopic (exact) mass is 336 g/mol. The molecular weight excluding hydrogens is 316 g/mol. The van der Waals surface area contributed by atoms with Crippen molar-refractivity contribution in [2.24, 2.45) is 0 Å². The minimum absolute atomic E-state index is 0.584. The third-order valence-corrected chi connectivity index (χ3v) is 4.54. The maximum absolute atomic E-state index is 5.89. The van der Waals surface area contributed by atoms with E-state index < -0.39 is 0 Å². The number of aryl methyl sites for hydroxylation is 3. The summed E-state index contributed by atoms with van der Waals surface area (Å²) in [5.74, 6) is 2.23. The van der Waals surface area contributed by atoms with E-state index in [1.807, 2.05) is 44.2 Å². The lowest BCUT2D eigenvalue weighted by molar-refractivity contribution is 0.454. The summed E-state index contributed by atoms with van der Waals surface area (Å²) in [6.07, 6.45) is 0. The Morgan fingerprint density at radius 3 is 2.54 bits per heavy atom. The van der Waals surface area contributed by atoms with Crippen LogP contribution in [-0.2, 0) is 5.75 Å². The molecule has 3 aromatic rings. The average molecular weight is 336 g/mol. The molecule has 0 radical (unpaired) electrons. The van der Waals surface area contributed by atoms with Gasteiger partial charge in [-0.25, -0.2) is 4.98 Å². The molecule has 0 spiro atoms. The van der Waals surface area contributed by atoms with Gasteiger partial charge >= 0.3 is 0 Å². The number of hydrogen-bond acceptors (Lipinski definition) is 4. The van der Waals surface area contributed by atoms with Crippen molar-refractivity contribution in [3.63, 3.8) is 0 Å². The molecule has 1 aromatic heterocycles. The fourth-order valence-electron chi connectivity index (χ4n) is 2.34. The first-order valence-corrected chi connectivity index (χ1v) is 8.86. The molecule has 1 heterocycles. The summed E-state index contributed by atoms with van der Waals surface area (Å²) in [5, 5.41) is 0.737. The van der Waals surface area contributed by atoms with Crippen LogP contribution in [0.1, 0.15) is 22.4 Å². The van der Waals surface area contributed by atoms with Crippen molar-refractivity contribution in [2.75, 3.05) is 0 Å². The van der Waals surface area contributed by atoms with Gasteiger partial charge in [0.2, 0.25) is 5.88 Å². The van der Waals surface area contributed by atoms with Gasteiger partial charge in [-0.2, -0.15) is 4.98 Å². The van der Waals surface area contributed by atoms with Crippen LogP contribution in [0, 0.1) is 20.8 Å². The van der Waals surface area contributed by atoms with Gasteiger partial charge in [0, 0.05) is 17.5 Å². The van der Waals surface area contributed by atoms with Crippen molar-refractivity contribution in [3.8, 4) is 11.6 Å². The van der Waals surface area contributed by atoms with Gasteiger partial charge in [-0.1, -0.05) is 48.2 Å². The first kappa shape index (κ1) is 16.5. The second kappa shape index (κ2) is 7.49. The molecule has 24 heavy (non-hydrogen) atoms. The topological polar surface area (TPSA) is 35.0 Å². The molecular formula is C20H20N2OS. The fourth-order valence-corrected chi connectivity index (χ4v) is 3.32. The maximum atomic E-state index is 5.89. The van der Waals surface area contributed by atoms with Crippen LogP contribution >= 0.6 is 11.8 Å². The third-order valence-electron chi connectivity index (χ3n) is 3.64. The number of ether oxygens (including phenoxy) is 1. The van der Waals surface area contributed by atoms with E-state index in [0.717, 1.165) is 27.9 Å². The van der Waals surface area contributed by atoms with Crippen molar-refractivity contribution in [3.05, 3.63) is 77.0 Å². The van der Waals surface area contributed by atoms with Crippen LogP contribution in [0.5, 0.6) is 11.6 Å². The first-order chi connectivity index (χ1) is 11.6. The van der Waals surface area contributed by atoms with Gasteiger partial charge in [-0.15, -0.1) is 0 Å². The minimum atomic E-state index is 0.584. The Bertz CT molecular complexity index is 849. The zero-order valence-electron chi connectivity index (χ0n) is 14.1. The molecule has 0 aliphatic rings. The molecule has 0 aliphatic heterocycles. The van der Waals surface area contributed by atoms with E-state index >= 15 is 0 Å². The van der Waals surface area contributed by atoms with Crippen LogP contribution in [0.25, 0.3) is 0 Å². The highest BCUT2D eigenvalue weighted by molar-refractivity contribution is 7.98. The van der Waals surface area contributed by atoms with E-state index in [4.69, 9.17) is 4.74 Å². The zero-order valence-corrected chi connectivity index (χ0v) is 14.9. The predicted octanol–water partition coefficient (Wildman–Crippen LogP) is 5.49. The zero-order chi connectivity index (χ0) is 16.9. The van der Waals surface area contributed by atoms with Crippen molar-refractivity contribution < 1.29 is 4.74 Å². The van der Waals surface area contributed by atoms with E-state index in [-0.39, 0.29) is 0 Å². The van der Waals surface area contributed by atoms with Crippen LogP contribution in [0.2, 0.25) is 0 Å². The molecule has 0 unspecified atom stereocenters. The number of thioether (sulfide) groups is 1. The highest BCUT2D eigenvalue weighted by Crippen LogP contribution is 2.26. The summed E-state index contributed by atoms with van der Waals surface area (Å²) in [6.45, 7) is 6.13. The summed E-state index contributed by atoms with van der Waals surface area (Å²) in [6, 6.07) is 18.2. The lowest BCUT2D eigenvalue weighted by atomic mass is 10.1. The lowest BCUT2D eigenvalue weighted by Gasteiger charge is -2.09. The Kier molecular flexibility index (Phi) is 5.16. The van der Waals surface area contributed by atoms with Gasteiger partial charge in [-0.3, -0.25) is 0 Å². The van der Waals surface area contributed by atoms with Crippen LogP contribution in [-0.4, -0.2) is 9.97 Å². The fraction of sp³-hybridized carbons (Fsp3) is 0.200. The maximum Gasteiger partial charge on any atom is 0.223 e. The molecule has 4 heteroatoms. The SMILES string of the molecule is Cc1cccc(Oc2cc(C)nc(SCc3ccccc3C)n2)c1. The smallest absolute Gasteiger partial charge is 0.223 e. The van der Waals surface area contributed by atoms with Crippen LogP contribution in [0.3, 0.4) is 0 Å². The van der Waals surface area contributed by atoms with Crippen molar-refractivity contribution in [2.45, 2.75) is 31.7 Å². The number of rotatable bonds is 5. The molecule has 122 valence electrons. The van der Waals surface area contributed by atoms with E-state index in [0.29, 0.717) is 5.88 Å². The normalized spacial score (nSPS) is 10.6. The van der Waals surface area contributed by atoms with Gasteiger partial charge in [-0.05, 0) is 49.6 Å². The second-order valence-corrected chi connectivity index (χ2v) is 6.71. The van der Waals surface area contributed by atoms with E-state index in [1.165, 1.54) is 11.1 Å². The van der Waals surface area contributed by atoms with Crippen molar-refractivity contribution >= 4 is 11.8 Å². The largest absolute Gasteiger partial charge is 0.439 e. The standard InChI is InChI=1S/C20H20N2OS/c1-14-7-6-10-18(11-14)23-19-12-16(3)21-20(22-19)24-13-17-9-5-4-8-15(17)2/h4-12H,13H2,1-3H3. The number of nitrogens with zero attached hydrogens (tertiary/aromatic N) is 2. The molecule has 0 N–H and O–H groups in total. The molecule has 0 aliphatic carbocycles. The van der Waals surface area contributed by atoms with E-state index in [1.54, 1.807) is 11.8 Å². The molecule has 0 fully saturated rings. The quantitative estimate of drug-likeness (QED) is 0.456. The number of hydrogen-bond donors (Lipinski definition) is 0. The van der Waals surface area contributed by atoms with Gasteiger partial charge in [0.05, 0.1) is 0 Å². The molecule has 0 saturated carbocycles. The summed E-state index contributed by atoms with van der Waals surface area (Å²) in [7, 11) is 0. The van der Waals surface area contributed by atoms with Crippen LogP contribution in [0.15, 0.2) is 59.8 Å². The van der Waals surface area contributed by atoms with Gasteiger partial charge in [0.15, 0.2) is 5.16 Å². The summed E-state index contributed by atoms with van der Waals surface area (Å²) in [5.41, 5.74) is 4.65. The highest BCUT2D eigenvalue weighted by Gasteiger charge is 2.07. The van der Waals surface area contributed by atoms with Crippen LogP contribution in [0.4, 0.5) is 0 Å². The molecule has 3 rings (SSSR count). The highest BCUT2D eigenvalue weighted by atomic mass is 32.2. The molecule has 0 atom stereocenters. The summed E-state index contributed by atoms with van der Waals surface area (Å²) in [4.78, 5) is 9.04. The predicted molar refractivity (Wildman–Crippen MR) is 98.8 cm³/mol. The third kappa shape index (κ3) is 4.36. The van der Waals surface area contributed by atoms with Gasteiger partial charge < -0.3 is 4.74 Å².